The van der Waals surface area contributed by atoms with Crippen molar-refractivity contribution in [3.8, 4) is 0 Å². The average Bonchev–Trinajstić information content (AvgIpc) is 2.55. The number of hydrogen-bond acceptors (Lipinski definition) is 3. The summed E-state index contributed by atoms with van der Waals surface area (Å²) < 4.78 is 5.39. The van der Waals surface area contributed by atoms with Crippen molar-refractivity contribution in [1.82, 2.24) is 0 Å². The highest BCUT2D eigenvalue weighted by Gasteiger charge is 2.22. The Balaban J connectivity index is 1.99. The molecule has 0 aliphatic carbocycles. The van der Waals surface area contributed by atoms with E-state index in [1.807, 2.05) is 56.3 Å². The van der Waals surface area contributed by atoms with Gasteiger partial charge < -0.3 is 4.74 Å². The normalized spacial score (nSPS) is 12.5. The first-order valence-electron chi connectivity index (χ1n) is 7.55. The average molecular weight is 330 g/mol. The van der Waals surface area contributed by atoms with Crippen LogP contribution in [0, 0.1) is 5.92 Å². The molecule has 0 aliphatic heterocycles. The van der Waals surface area contributed by atoms with Crippen molar-refractivity contribution in [2.75, 3.05) is 0 Å². The molecule has 0 bridgehead atoms. The molecule has 4 heteroatoms. The molecule has 23 heavy (non-hydrogen) atoms. The summed E-state index contributed by atoms with van der Waals surface area (Å²) in [5, 5.41) is 0.671. The number of aliphatic imine (C=N–C) groups is 1. The highest BCUT2D eigenvalue weighted by molar-refractivity contribution is 6.30. The van der Waals surface area contributed by atoms with Gasteiger partial charge in [0.05, 0.1) is 0 Å². The molecular formula is C19H20ClNO2. The second kappa shape index (κ2) is 8.49. The molecule has 0 amide bonds. The lowest BCUT2D eigenvalue weighted by atomic mass is 10.1. The molecule has 0 heterocycles. The van der Waals surface area contributed by atoms with Gasteiger partial charge in [-0.05, 0) is 29.2 Å². The minimum absolute atomic E-state index is 0.0572. The number of halogens is 1. The molecule has 2 aromatic carbocycles. The fraction of sp³-hybridized carbons (Fsp3) is 0.263. The zero-order valence-electron chi connectivity index (χ0n) is 13.3. The maximum atomic E-state index is 12.3. The van der Waals surface area contributed by atoms with E-state index in [1.54, 1.807) is 18.3 Å². The summed E-state index contributed by atoms with van der Waals surface area (Å²) in [5.74, 6) is -0.254. The summed E-state index contributed by atoms with van der Waals surface area (Å²) in [5.41, 5.74) is 1.86. The second-order valence-corrected chi connectivity index (χ2v) is 6.05. The van der Waals surface area contributed by atoms with Crippen molar-refractivity contribution < 1.29 is 9.53 Å². The summed E-state index contributed by atoms with van der Waals surface area (Å²) >= 11 is 5.86. The first-order valence-corrected chi connectivity index (χ1v) is 7.93. The van der Waals surface area contributed by atoms with Gasteiger partial charge in [-0.2, -0.15) is 0 Å². The summed E-state index contributed by atoms with van der Waals surface area (Å²) in [6.45, 7) is 4.17. The fourth-order valence-corrected chi connectivity index (χ4v) is 2.16. The lowest BCUT2D eigenvalue weighted by molar-refractivity contribution is -0.147. The highest BCUT2D eigenvalue weighted by atomic mass is 35.5. The highest BCUT2D eigenvalue weighted by Crippen LogP contribution is 2.12. The number of carbonyl (C=O) groups excluding carboxylic acids is 1. The number of hydrogen-bond donors (Lipinski definition) is 0. The van der Waals surface area contributed by atoms with Crippen molar-refractivity contribution in [2.45, 2.75) is 26.5 Å². The van der Waals surface area contributed by atoms with Crippen LogP contribution in [0.3, 0.4) is 0 Å². The van der Waals surface area contributed by atoms with Gasteiger partial charge in [-0.3, -0.25) is 4.99 Å². The van der Waals surface area contributed by atoms with Gasteiger partial charge >= 0.3 is 5.97 Å². The van der Waals surface area contributed by atoms with E-state index in [2.05, 4.69) is 4.99 Å². The van der Waals surface area contributed by atoms with Crippen LogP contribution in [0.25, 0.3) is 0 Å². The van der Waals surface area contributed by atoms with Crippen LogP contribution in [-0.4, -0.2) is 18.2 Å². The number of carbonyl (C=O) groups is 1. The summed E-state index contributed by atoms with van der Waals surface area (Å²) in [6, 6.07) is 16.4. The van der Waals surface area contributed by atoms with E-state index in [4.69, 9.17) is 16.3 Å². The zero-order valence-corrected chi connectivity index (χ0v) is 14.0. The number of benzene rings is 2. The Labute approximate surface area is 142 Å². The Morgan fingerprint density at radius 3 is 2.39 bits per heavy atom. The molecule has 1 atom stereocenters. The van der Waals surface area contributed by atoms with E-state index in [0.29, 0.717) is 5.02 Å². The van der Waals surface area contributed by atoms with Crippen molar-refractivity contribution in [3.05, 3.63) is 70.7 Å². The molecule has 0 N–H and O–H groups in total. The Bertz CT molecular complexity index is 651. The summed E-state index contributed by atoms with van der Waals surface area (Å²) in [7, 11) is 0. The van der Waals surface area contributed by atoms with E-state index in [1.165, 1.54) is 0 Å². The van der Waals surface area contributed by atoms with Crippen LogP contribution in [-0.2, 0) is 16.1 Å². The van der Waals surface area contributed by atoms with Crippen molar-refractivity contribution >= 4 is 23.8 Å². The first kappa shape index (κ1) is 17.2. The van der Waals surface area contributed by atoms with Crippen LogP contribution in [0.15, 0.2) is 59.6 Å². The van der Waals surface area contributed by atoms with Gasteiger partial charge in [0, 0.05) is 11.2 Å². The maximum absolute atomic E-state index is 12.3. The fourth-order valence-electron chi connectivity index (χ4n) is 2.03. The molecule has 0 saturated carbocycles. The van der Waals surface area contributed by atoms with Crippen LogP contribution in [0.1, 0.15) is 25.0 Å². The van der Waals surface area contributed by atoms with Gasteiger partial charge in [-0.15, -0.1) is 0 Å². The molecule has 3 nitrogen and oxygen atoms in total. The standard InChI is InChI=1S/C19H20ClNO2/c1-14(2)18(21-12-15-8-10-17(20)11-9-15)19(22)23-13-16-6-4-3-5-7-16/h3-12,14,18H,13H2,1-2H3. The van der Waals surface area contributed by atoms with Gasteiger partial charge in [0.1, 0.15) is 12.6 Å². The molecule has 0 aliphatic rings. The third-order valence-corrected chi connectivity index (χ3v) is 3.60. The third-order valence-electron chi connectivity index (χ3n) is 3.35. The van der Waals surface area contributed by atoms with Gasteiger partial charge in [0.25, 0.3) is 0 Å². The molecule has 2 rings (SSSR count). The van der Waals surface area contributed by atoms with E-state index in [0.717, 1.165) is 11.1 Å². The first-order chi connectivity index (χ1) is 11.1. The zero-order chi connectivity index (χ0) is 16.7. The molecule has 0 radical (unpaired) electrons. The van der Waals surface area contributed by atoms with Crippen LogP contribution in [0.2, 0.25) is 5.02 Å². The van der Waals surface area contributed by atoms with Crippen LogP contribution in [0.4, 0.5) is 0 Å². The van der Waals surface area contributed by atoms with Crippen molar-refractivity contribution in [2.24, 2.45) is 10.9 Å². The molecule has 0 saturated heterocycles. The van der Waals surface area contributed by atoms with Crippen LogP contribution < -0.4 is 0 Å². The quantitative estimate of drug-likeness (QED) is 0.577. The smallest absolute Gasteiger partial charge is 0.331 e. The SMILES string of the molecule is CC(C)C(N=Cc1ccc(Cl)cc1)C(=O)OCc1ccccc1. The molecule has 0 aromatic heterocycles. The second-order valence-electron chi connectivity index (χ2n) is 5.61. The van der Waals surface area contributed by atoms with E-state index >= 15 is 0 Å². The molecule has 2 aromatic rings. The van der Waals surface area contributed by atoms with Gasteiger partial charge in [-0.25, -0.2) is 4.79 Å². The van der Waals surface area contributed by atoms with Crippen LogP contribution >= 0.6 is 11.6 Å². The molecular weight excluding hydrogens is 310 g/mol. The monoisotopic (exact) mass is 329 g/mol. The number of ether oxygens (including phenoxy) is 1. The molecule has 1 unspecified atom stereocenters. The predicted octanol–water partition coefficient (Wildman–Crippen LogP) is 4.53. The molecule has 0 spiro atoms. The Kier molecular flexibility index (Phi) is 6.36. The lowest BCUT2D eigenvalue weighted by Crippen LogP contribution is -2.27. The molecule has 0 fully saturated rings. The predicted molar refractivity (Wildman–Crippen MR) is 93.9 cm³/mol. The number of rotatable bonds is 6. The minimum Gasteiger partial charge on any atom is -0.459 e. The van der Waals surface area contributed by atoms with Crippen molar-refractivity contribution in [1.29, 1.82) is 0 Å². The van der Waals surface area contributed by atoms with Crippen LogP contribution in [0.5, 0.6) is 0 Å². The number of nitrogens with zero attached hydrogens (tertiary/aromatic N) is 1. The van der Waals surface area contributed by atoms with Gasteiger partial charge in [0.15, 0.2) is 0 Å². The summed E-state index contributed by atoms with van der Waals surface area (Å²) in [6.07, 6.45) is 1.69. The lowest BCUT2D eigenvalue weighted by Gasteiger charge is -2.15. The third kappa shape index (κ3) is 5.53. The van der Waals surface area contributed by atoms with Gasteiger partial charge in [-0.1, -0.05) is 67.9 Å². The minimum atomic E-state index is -0.519. The Morgan fingerprint density at radius 2 is 1.78 bits per heavy atom. The van der Waals surface area contributed by atoms with E-state index in [9.17, 15) is 4.79 Å². The van der Waals surface area contributed by atoms with Crippen molar-refractivity contribution in [3.63, 3.8) is 0 Å². The Hall–Kier alpha value is -2.13. The maximum Gasteiger partial charge on any atom is 0.331 e. The number of esters is 1. The topological polar surface area (TPSA) is 38.7 Å². The Morgan fingerprint density at radius 1 is 1.13 bits per heavy atom. The van der Waals surface area contributed by atoms with Gasteiger partial charge in [0.2, 0.25) is 0 Å². The summed E-state index contributed by atoms with van der Waals surface area (Å²) in [4.78, 5) is 16.7. The largest absolute Gasteiger partial charge is 0.459 e. The van der Waals surface area contributed by atoms with E-state index in [-0.39, 0.29) is 18.5 Å². The van der Waals surface area contributed by atoms with E-state index < -0.39 is 6.04 Å². The molecule has 120 valence electrons.